The number of hydrogen-bond acceptors (Lipinski definition) is 0. The van der Waals surface area contributed by atoms with Gasteiger partial charge in [-0.15, -0.1) is 0 Å². The molecule has 0 aliphatic rings. The summed E-state index contributed by atoms with van der Waals surface area (Å²) < 4.78 is 0. The van der Waals surface area contributed by atoms with Crippen molar-refractivity contribution in [2.45, 2.75) is 74.1 Å². The summed E-state index contributed by atoms with van der Waals surface area (Å²) in [6.45, 7) is 15.7. The Kier molecular flexibility index (Phi) is 10.2. The van der Waals surface area contributed by atoms with E-state index < -0.39 is 0 Å². The first-order valence-electron chi connectivity index (χ1n) is 6.04. The third-order valence-electron chi connectivity index (χ3n) is 3.12. The molecule has 0 nitrogen and oxygen atoms in total. The third-order valence-corrected chi connectivity index (χ3v) is 3.12. The van der Waals surface area contributed by atoms with Crippen LogP contribution in [-0.4, -0.2) is 0 Å². The van der Waals surface area contributed by atoms with E-state index in [0.29, 0.717) is 5.41 Å². The van der Waals surface area contributed by atoms with Crippen molar-refractivity contribution in [3.05, 3.63) is 0 Å². The highest BCUT2D eigenvalue weighted by molar-refractivity contribution is 4.73. The molecule has 0 aromatic rings. The van der Waals surface area contributed by atoms with E-state index in [0.717, 1.165) is 5.92 Å². The van der Waals surface area contributed by atoms with E-state index in [1.165, 1.54) is 25.7 Å². The van der Waals surface area contributed by atoms with Gasteiger partial charge in [0.05, 0.1) is 0 Å². The quantitative estimate of drug-likeness (QED) is 0.548. The van der Waals surface area contributed by atoms with Gasteiger partial charge in [0.25, 0.3) is 0 Å². The molecular weight excluding hydrogens is 156 g/mol. The lowest BCUT2D eigenvalue weighted by Gasteiger charge is -2.31. The van der Waals surface area contributed by atoms with Gasteiger partial charge in [-0.1, -0.05) is 67.7 Å². The van der Waals surface area contributed by atoms with Gasteiger partial charge >= 0.3 is 0 Å². The van der Waals surface area contributed by atoms with Crippen LogP contribution >= 0.6 is 0 Å². The summed E-state index contributed by atoms with van der Waals surface area (Å²) >= 11 is 0. The normalized spacial score (nSPS) is 13.2. The summed E-state index contributed by atoms with van der Waals surface area (Å²) in [6, 6.07) is 0. The minimum absolute atomic E-state index is 0.560. The highest BCUT2D eigenvalue weighted by Gasteiger charge is 2.22. The van der Waals surface area contributed by atoms with Crippen molar-refractivity contribution >= 4 is 0 Å². The molecule has 0 aliphatic heterocycles. The average molecular weight is 186 g/mol. The van der Waals surface area contributed by atoms with Crippen LogP contribution in [0.25, 0.3) is 0 Å². The van der Waals surface area contributed by atoms with Crippen LogP contribution in [-0.2, 0) is 0 Å². The summed E-state index contributed by atoms with van der Waals surface area (Å²) in [5.41, 5.74) is 0.560. The van der Waals surface area contributed by atoms with Crippen LogP contribution in [0.4, 0.5) is 0 Å². The van der Waals surface area contributed by atoms with Crippen molar-refractivity contribution in [2.24, 2.45) is 11.3 Å². The molecule has 0 amide bonds. The number of rotatable bonds is 5. The second-order valence-electron chi connectivity index (χ2n) is 4.40. The molecule has 0 bridgehead atoms. The van der Waals surface area contributed by atoms with Gasteiger partial charge in [-0.25, -0.2) is 0 Å². The minimum atomic E-state index is 0.560. The monoisotopic (exact) mass is 186 g/mol. The topological polar surface area (TPSA) is 0 Å². The molecule has 0 rings (SSSR count). The van der Waals surface area contributed by atoms with Crippen molar-refractivity contribution in [1.29, 1.82) is 0 Å². The van der Waals surface area contributed by atoms with Crippen LogP contribution in [0.5, 0.6) is 0 Å². The standard InChI is InChI=1S/C11H24.C2H6/c1-6-8-9-11(4,5)10(3)7-2;1-2/h10H,6-9H2,1-5H3;1-2H3. The SMILES string of the molecule is CC.CCCCC(C)(C)C(C)CC. The highest BCUT2D eigenvalue weighted by Crippen LogP contribution is 2.33. The fourth-order valence-corrected chi connectivity index (χ4v) is 1.43. The lowest BCUT2D eigenvalue weighted by molar-refractivity contribution is 0.200. The molecule has 0 radical (unpaired) electrons. The molecule has 0 spiro atoms. The third kappa shape index (κ3) is 7.10. The summed E-state index contributed by atoms with van der Waals surface area (Å²) in [7, 11) is 0. The Morgan fingerprint density at radius 2 is 1.54 bits per heavy atom. The average Bonchev–Trinajstić information content (AvgIpc) is 2.16. The Morgan fingerprint density at radius 1 is 1.08 bits per heavy atom. The van der Waals surface area contributed by atoms with Crippen LogP contribution in [0.2, 0.25) is 0 Å². The van der Waals surface area contributed by atoms with Crippen LogP contribution in [0.15, 0.2) is 0 Å². The molecule has 1 unspecified atom stereocenters. The zero-order valence-corrected chi connectivity index (χ0v) is 10.9. The molecule has 1 atom stereocenters. The van der Waals surface area contributed by atoms with Crippen molar-refractivity contribution in [3.8, 4) is 0 Å². The molecule has 0 N–H and O–H groups in total. The predicted octanol–water partition coefficient (Wildman–Crippen LogP) is 5.28. The largest absolute Gasteiger partial charge is 0.0683 e. The molecule has 0 aromatic heterocycles. The zero-order chi connectivity index (χ0) is 10.9. The Labute approximate surface area is 86.1 Å². The van der Waals surface area contributed by atoms with Crippen molar-refractivity contribution in [2.75, 3.05) is 0 Å². The number of unbranched alkanes of at least 4 members (excludes halogenated alkanes) is 1. The first-order valence-corrected chi connectivity index (χ1v) is 6.04. The van der Waals surface area contributed by atoms with Gasteiger partial charge in [-0.3, -0.25) is 0 Å². The van der Waals surface area contributed by atoms with Gasteiger partial charge in [0, 0.05) is 0 Å². The van der Waals surface area contributed by atoms with Crippen LogP contribution < -0.4 is 0 Å². The van der Waals surface area contributed by atoms with E-state index in [-0.39, 0.29) is 0 Å². The predicted molar refractivity (Wildman–Crippen MR) is 64.1 cm³/mol. The fourth-order valence-electron chi connectivity index (χ4n) is 1.43. The smallest absolute Gasteiger partial charge is 0.0329 e. The van der Waals surface area contributed by atoms with Crippen LogP contribution in [0.1, 0.15) is 74.1 Å². The second-order valence-corrected chi connectivity index (χ2v) is 4.40. The molecule has 82 valence electrons. The van der Waals surface area contributed by atoms with E-state index >= 15 is 0 Å². The Morgan fingerprint density at radius 3 is 1.85 bits per heavy atom. The van der Waals surface area contributed by atoms with Crippen molar-refractivity contribution in [1.82, 2.24) is 0 Å². The van der Waals surface area contributed by atoms with E-state index in [1.807, 2.05) is 13.8 Å². The summed E-state index contributed by atoms with van der Waals surface area (Å²) in [5, 5.41) is 0. The Balaban J connectivity index is 0. The molecule has 0 fully saturated rings. The summed E-state index contributed by atoms with van der Waals surface area (Å²) in [4.78, 5) is 0. The van der Waals surface area contributed by atoms with E-state index in [1.54, 1.807) is 0 Å². The molecule has 0 aliphatic carbocycles. The molecule has 0 saturated carbocycles. The fraction of sp³-hybridized carbons (Fsp3) is 1.00. The Bertz CT molecular complexity index is 92.2. The first-order chi connectivity index (χ1) is 6.04. The van der Waals surface area contributed by atoms with E-state index in [4.69, 9.17) is 0 Å². The summed E-state index contributed by atoms with van der Waals surface area (Å²) in [5.74, 6) is 0.869. The lowest BCUT2D eigenvalue weighted by atomic mass is 9.75. The van der Waals surface area contributed by atoms with Crippen LogP contribution in [0.3, 0.4) is 0 Å². The van der Waals surface area contributed by atoms with Crippen LogP contribution in [0, 0.1) is 11.3 Å². The first kappa shape index (κ1) is 15.5. The highest BCUT2D eigenvalue weighted by atomic mass is 14.3. The van der Waals surface area contributed by atoms with Gasteiger partial charge < -0.3 is 0 Å². The molecule has 0 aromatic carbocycles. The molecule has 0 heteroatoms. The maximum absolute atomic E-state index is 2.40. The maximum atomic E-state index is 2.40. The van der Waals surface area contributed by atoms with Crippen molar-refractivity contribution < 1.29 is 0 Å². The van der Waals surface area contributed by atoms with E-state index in [2.05, 4.69) is 34.6 Å². The van der Waals surface area contributed by atoms with Gasteiger partial charge in [-0.05, 0) is 17.8 Å². The minimum Gasteiger partial charge on any atom is -0.0683 e. The molecule has 0 heterocycles. The van der Waals surface area contributed by atoms with Gasteiger partial charge in [0.2, 0.25) is 0 Å². The molecule has 0 saturated heterocycles. The maximum Gasteiger partial charge on any atom is -0.0329 e. The van der Waals surface area contributed by atoms with Gasteiger partial charge in [0.1, 0.15) is 0 Å². The van der Waals surface area contributed by atoms with Gasteiger partial charge in [-0.2, -0.15) is 0 Å². The number of hydrogen-bond donors (Lipinski definition) is 0. The lowest BCUT2D eigenvalue weighted by Crippen LogP contribution is -2.20. The van der Waals surface area contributed by atoms with Crippen molar-refractivity contribution in [3.63, 3.8) is 0 Å². The second kappa shape index (κ2) is 8.59. The molecular formula is C13H30. The summed E-state index contributed by atoms with van der Waals surface area (Å²) in [6.07, 6.45) is 5.42. The Hall–Kier alpha value is 0. The van der Waals surface area contributed by atoms with E-state index in [9.17, 15) is 0 Å². The zero-order valence-electron chi connectivity index (χ0n) is 10.9. The van der Waals surface area contributed by atoms with Gasteiger partial charge in [0.15, 0.2) is 0 Å². The molecule has 13 heavy (non-hydrogen) atoms.